The van der Waals surface area contributed by atoms with Crippen LogP contribution in [-0.4, -0.2) is 30.4 Å². The van der Waals surface area contributed by atoms with E-state index in [9.17, 15) is 13.2 Å². The normalized spacial score (nSPS) is 11.3. The number of hydrogen-bond acceptors (Lipinski definition) is 4. The van der Waals surface area contributed by atoms with Gasteiger partial charge in [-0.1, -0.05) is 6.07 Å². The first-order valence-electron chi connectivity index (χ1n) is 5.46. The van der Waals surface area contributed by atoms with Crippen LogP contribution in [0.1, 0.15) is 10.4 Å². The van der Waals surface area contributed by atoms with Gasteiger partial charge in [-0.05, 0) is 18.2 Å². The maximum atomic E-state index is 12.0. The first kappa shape index (κ1) is 13.3. The summed E-state index contributed by atoms with van der Waals surface area (Å²) in [5, 5.41) is 6.57. The fraction of sp³-hybridized carbons (Fsp3) is 0.167. The molecule has 7 heteroatoms. The zero-order valence-corrected chi connectivity index (χ0v) is 11.3. The Morgan fingerprint density at radius 2 is 2.11 bits per heavy atom. The van der Waals surface area contributed by atoms with Crippen molar-refractivity contribution in [1.82, 2.24) is 9.78 Å². The maximum absolute atomic E-state index is 12.0. The molecule has 19 heavy (non-hydrogen) atoms. The Morgan fingerprint density at radius 1 is 1.37 bits per heavy atom. The average Bonchev–Trinajstić information content (AvgIpc) is 2.74. The Balaban J connectivity index is 2.25. The summed E-state index contributed by atoms with van der Waals surface area (Å²) in [5.41, 5.74) is 0.837. The topological polar surface area (TPSA) is 81.1 Å². The van der Waals surface area contributed by atoms with Crippen LogP contribution in [0.15, 0.2) is 41.6 Å². The standard InChI is InChI=1S/C12H13N3O3S/c1-15-8-10(7-13-15)14-12(16)9-4-3-5-11(6-9)19(2,17)18/h3-8H,1-2H3,(H,14,16). The number of nitrogens with zero attached hydrogens (tertiary/aromatic N) is 2. The molecule has 0 radical (unpaired) electrons. The van der Waals surface area contributed by atoms with Gasteiger partial charge in [0.25, 0.3) is 5.91 Å². The van der Waals surface area contributed by atoms with Gasteiger partial charge in [0.05, 0.1) is 16.8 Å². The number of sulfone groups is 1. The van der Waals surface area contributed by atoms with Gasteiger partial charge in [0.1, 0.15) is 0 Å². The zero-order chi connectivity index (χ0) is 14.0. The first-order valence-corrected chi connectivity index (χ1v) is 7.35. The third-order valence-corrected chi connectivity index (χ3v) is 3.60. The van der Waals surface area contributed by atoms with Gasteiger partial charge < -0.3 is 5.32 Å². The molecule has 0 bridgehead atoms. The van der Waals surface area contributed by atoms with Crippen LogP contribution in [0, 0.1) is 0 Å². The van der Waals surface area contributed by atoms with Gasteiger partial charge in [0.2, 0.25) is 0 Å². The maximum Gasteiger partial charge on any atom is 0.255 e. The van der Waals surface area contributed by atoms with Crippen molar-refractivity contribution in [3.8, 4) is 0 Å². The smallest absolute Gasteiger partial charge is 0.255 e. The van der Waals surface area contributed by atoms with Crippen LogP contribution in [0.2, 0.25) is 0 Å². The summed E-state index contributed by atoms with van der Waals surface area (Å²) in [4.78, 5) is 12.1. The number of nitrogens with one attached hydrogen (secondary N) is 1. The highest BCUT2D eigenvalue weighted by molar-refractivity contribution is 7.90. The van der Waals surface area contributed by atoms with E-state index in [0.29, 0.717) is 5.69 Å². The van der Waals surface area contributed by atoms with Crippen molar-refractivity contribution >= 4 is 21.4 Å². The Hall–Kier alpha value is -2.15. The summed E-state index contributed by atoms with van der Waals surface area (Å²) >= 11 is 0. The molecule has 2 rings (SSSR count). The quantitative estimate of drug-likeness (QED) is 0.911. The summed E-state index contributed by atoms with van der Waals surface area (Å²) < 4.78 is 24.4. The molecule has 6 nitrogen and oxygen atoms in total. The molecule has 0 fully saturated rings. The van der Waals surface area contributed by atoms with Crippen molar-refractivity contribution < 1.29 is 13.2 Å². The Kier molecular flexibility index (Phi) is 3.39. The predicted molar refractivity (Wildman–Crippen MR) is 70.7 cm³/mol. The van der Waals surface area contributed by atoms with Crippen molar-refractivity contribution in [2.45, 2.75) is 4.90 Å². The monoisotopic (exact) mass is 279 g/mol. The molecule has 0 atom stereocenters. The second-order valence-corrected chi connectivity index (χ2v) is 6.17. The number of benzene rings is 1. The summed E-state index contributed by atoms with van der Waals surface area (Å²) in [6.07, 6.45) is 4.27. The van der Waals surface area contributed by atoms with E-state index in [2.05, 4.69) is 10.4 Å². The molecule has 1 N–H and O–H groups in total. The number of anilines is 1. The molecule has 100 valence electrons. The molecule has 0 aliphatic heterocycles. The molecule has 0 saturated heterocycles. The van der Waals surface area contributed by atoms with Crippen LogP contribution in [0.25, 0.3) is 0 Å². The van der Waals surface area contributed by atoms with Crippen molar-refractivity contribution in [1.29, 1.82) is 0 Å². The third kappa shape index (κ3) is 3.19. The number of aromatic nitrogens is 2. The van der Waals surface area contributed by atoms with Crippen molar-refractivity contribution in [2.24, 2.45) is 7.05 Å². The highest BCUT2D eigenvalue weighted by Gasteiger charge is 2.12. The number of rotatable bonds is 3. The van der Waals surface area contributed by atoms with Crippen LogP contribution >= 0.6 is 0 Å². The molecule has 1 amide bonds. The molecule has 1 heterocycles. The Morgan fingerprint density at radius 3 is 2.68 bits per heavy atom. The predicted octanol–water partition coefficient (Wildman–Crippen LogP) is 1.08. The number of amides is 1. The van der Waals surface area contributed by atoms with Gasteiger partial charge in [-0.15, -0.1) is 0 Å². The lowest BCUT2D eigenvalue weighted by Crippen LogP contribution is -2.12. The largest absolute Gasteiger partial charge is 0.319 e. The Bertz CT molecular complexity index is 719. The Labute approximate surface area is 111 Å². The lowest BCUT2D eigenvalue weighted by molar-refractivity contribution is 0.102. The van der Waals surface area contributed by atoms with E-state index in [1.807, 2.05) is 0 Å². The molecule has 0 saturated carbocycles. The number of carbonyl (C=O) groups excluding carboxylic acids is 1. The molecule has 0 unspecified atom stereocenters. The zero-order valence-electron chi connectivity index (χ0n) is 10.5. The van der Waals surface area contributed by atoms with Crippen molar-refractivity contribution in [3.05, 3.63) is 42.2 Å². The molecule has 1 aromatic carbocycles. The highest BCUT2D eigenvalue weighted by atomic mass is 32.2. The van der Waals surface area contributed by atoms with Gasteiger partial charge >= 0.3 is 0 Å². The molecular weight excluding hydrogens is 266 g/mol. The SMILES string of the molecule is Cn1cc(NC(=O)c2cccc(S(C)(=O)=O)c2)cn1. The van der Waals surface area contributed by atoms with Gasteiger partial charge in [-0.3, -0.25) is 9.48 Å². The highest BCUT2D eigenvalue weighted by Crippen LogP contribution is 2.13. The van der Waals surface area contributed by atoms with Crippen LogP contribution < -0.4 is 5.32 Å². The number of aryl methyl sites for hydroxylation is 1. The van der Waals surface area contributed by atoms with Gasteiger partial charge in [0, 0.05) is 25.1 Å². The van der Waals surface area contributed by atoms with E-state index < -0.39 is 9.84 Å². The lowest BCUT2D eigenvalue weighted by atomic mass is 10.2. The second kappa shape index (κ2) is 4.85. The minimum atomic E-state index is -3.32. The van der Waals surface area contributed by atoms with Gasteiger partial charge in [0.15, 0.2) is 9.84 Å². The van der Waals surface area contributed by atoms with E-state index in [4.69, 9.17) is 0 Å². The summed E-state index contributed by atoms with van der Waals surface area (Å²) in [7, 11) is -1.59. The number of carbonyl (C=O) groups is 1. The lowest BCUT2D eigenvalue weighted by Gasteiger charge is -2.04. The van der Waals surface area contributed by atoms with Crippen LogP contribution in [0.3, 0.4) is 0 Å². The van der Waals surface area contributed by atoms with Crippen molar-refractivity contribution in [3.63, 3.8) is 0 Å². The third-order valence-electron chi connectivity index (χ3n) is 2.49. The van der Waals surface area contributed by atoms with Gasteiger partial charge in [-0.25, -0.2) is 8.42 Å². The summed E-state index contributed by atoms with van der Waals surface area (Å²) in [6, 6.07) is 5.89. The molecule has 0 aliphatic rings. The minimum absolute atomic E-state index is 0.117. The molecular formula is C12H13N3O3S. The molecule has 1 aromatic heterocycles. The van der Waals surface area contributed by atoms with E-state index in [1.165, 1.54) is 24.4 Å². The average molecular weight is 279 g/mol. The van der Waals surface area contributed by atoms with E-state index >= 15 is 0 Å². The summed E-state index contributed by atoms with van der Waals surface area (Å²) in [6.45, 7) is 0. The van der Waals surface area contributed by atoms with Crippen LogP contribution in [0.5, 0.6) is 0 Å². The van der Waals surface area contributed by atoms with Crippen molar-refractivity contribution in [2.75, 3.05) is 11.6 Å². The molecule has 2 aromatic rings. The van der Waals surface area contributed by atoms with Crippen LogP contribution in [0.4, 0.5) is 5.69 Å². The molecule has 0 aliphatic carbocycles. The van der Waals surface area contributed by atoms with Crippen LogP contribution in [-0.2, 0) is 16.9 Å². The van der Waals surface area contributed by atoms with E-state index in [0.717, 1.165) is 6.26 Å². The fourth-order valence-electron chi connectivity index (χ4n) is 1.56. The fourth-order valence-corrected chi connectivity index (χ4v) is 2.22. The first-order chi connectivity index (χ1) is 8.86. The van der Waals surface area contributed by atoms with Gasteiger partial charge in [-0.2, -0.15) is 5.10 Å². The summed E-state index contributed by atoms with van der Waals surface area (Å²) in [5.74, 6) is -0.376. The second-order valence-electron chi connectivity index (χ2n) is 4.16. The molecule has 0 spiro atoms. The van der Waals surface area contributed by atoms with E-state index in [-0.39, 0.29) is 16.4 Å². The minimum Gasteiger partial charge on any atom is -0.319 e. The van der Waals surface area contributed by atoms with E-state index in [1.54, 1.807) is 24.0 Å². The number of hydrogen-bond donors (Lipinski definition) is 1.